The third-order valence-corrected chi connectivity index (χ3v) is 2.33. The molecular formula is C8H5BrF5NO2. The van der Waals surface area contributed by atoms with E-state index in [-0.39, 0.29) is 0 Å². The van der Waals surface area contributed by atoms with Gasteiger partial charge in [0.15, 0.2) is 0 Å². The smallest absolute Gasteiger partial charge is 0.405 e. The first-order chi connectivity index (χ1) is 7.76. The predicted molar refractivity (Wildman–Crippen MR) is 49.5 cm³/mol. The second kappa shape index (κ2) is 5.13. The van der Waals surface area contributed by atoms with E-state index in [4.69, 9.17) is 5.11 Å². The largest absolute Gasteiger partial charge is 0.573 e. The number of halogens is 6. The molecule has 0 aliphatic rings. The van der Waals surface area contributed by atoms with Crippen LogP contribution in [0.5, 0.6) is 5.75 Å². The van der Waals surface area contributed by atoms with Gasteiger partial charge < -0.3 is 9.84 Å². The van der Waals surface area contributed by atoms with E-state index in [2.05, 4.69) is 25.7 Å². The molecule has 17 heavy (non-hydrogen) atoms. The Morgan fingerprint density at radius 2 is 2.00 bits per heavy atom. The molecule has 3 nitrogen and oxygen atoms in total. The van der Waals surface area contributed by atoms with Crippen LogP contribution >= 0.6 is 15.9 Å². The van der Waals surface area contributed by atoms with Crippen molar-refractivity contribution in [3.8, 4) is 5.75 Å². The van der Waals surface area contributed by atoms with Crippen molar-refractivity contribution >= 4 is 15.9 Å². The molecule has 1 aromatic heterocycles. The summed E-state index contributed by atoms with van der Waals surface area (Å²) in [6.45, 7) is -0.897. The summed E-state index contributed by atoms with van der Waals surface area (Å²) < 4.78 is 64.3. The van der Waals surface area contributed by atoms with Crippen molar-refractivity contribution in [2.45, 2.75) is 19.4 Å². The molecule has 0 fully saturated rings. The second-order valence-electron chi connectivity index (χ2n) is 2.82. The van der Waals surface area contributed by atoms with Crippen molar-refractivity contribution in [2.75, 3.05) is 0 Å². The zero-order valence-corrected chi connectivity index (χ0v) is 9.52. The average Bonchev–Trinajstić information content (AvgIpc) is 2.15. The number of aromatic nitrogens is 1. The summed E-state index contributed by atoms with van der Waals surface area (Å²) in [6, 6.07) is 0. The fourth-order valence-corrected chi connectivity index (χ4v) is 1.52. The van der Waals surface area contributed by atoms with Gasteiger partial charge in [-0.15, -0.1) is 13.2 Å². The maximum atomic E-state index is 12.6. The third kappa shape index (κ3) is 3.50. The topological polar surface area (TPSA) is 42.4 Å². The lowest BCUT2D eigenvalue weighted by Crippen LogP contribution is -2.20. The first-order valence-electron chi connectivity index (χ1n) is 4.08. The van der Waals surface area contributed by atoms with E-state index < -0.39 is 40.9 Å². The molecule has 1 aromatic rings. The van der Waals surface area contributed by atoms with Crippen molar-refractivity contribution in [3.63, 3.8) is 0 Å². The van der Waals surface area contributed by atoms with Gasteiger partial charge in [-0.25, -0.2) is 13.8 Å². The summed E-state index contributed by atoms with van der Waals surface area (Å²) in [5, 5.41) is 8.76. The van der Waals surface area contributed by atoms with E-state index >= 15 is 0 Å². The molecule has 0 aliphatic heterocycles. The summed E-state index contributed by atoms with van der Waals surface area (Å²) in [5.74, 6) is -1.13. The zero-order chi connectivity index (χ0) is 13.2. The van der Waals surface area contributed by atoms with Gasteiger partial charge in [0.1, 0.15) is 10.4 Å². The van der Waals surface area contributed by atoms with Crippen LogP contribution < -0.4 is 4.74 Å². The molecule has 0 bridgehead atoms. The summed E-state index contributed by atoms with van der Waals surface area (Å²) in [7, 11) is 0. The number of hydrogen-bond donors (Lipinski definition) is 1. The summed E-state index contributed by atoms with van der Waals surface area (Å²) in [6.07, 6.45) is -7.54. The fourth-order valence-electron chi connectivity index (χ4n) is 1.07. The Balaban J connectivity index is 3.35. The van der Waals surface area contributed by atoms with Gasteiger partial charge >= 0.3 is 6.36 Å². The minimum absolute atomic E-state index is 0.469. The van der Waals surface area contributed by atoms with Crippen LogP contribution in [0.3, 0.4) is 0 Å². The van der Waals surface area contributed by atoms with Gasteiger partial charge in [-0.2, -0.15) is 0 Å². The monoisotopic (exact) mass is 321 g/mol. The van der Waals surface area contributed by atoms with Gasteiger partial charge in [-0.1, -0.05) is 0 Å². The highest BCUT2D eigenvalue weighted by Gasteiger charge is 2.35. The third-order valence-electron chi connectivity index (χ3n) is 1.70. The van der Waals surface area contributed by atoms with Gasteiger partial charge in [-0.3, -0.25) is 0 Å². The molecule has 1 rings (SSSR count). The summed E-state index contributed by atoms with van der Waals surface area (Å²) >= 11 is 2.60. The fraction of sp³-hybridized carbons (Fsp3) is 0.375. The van der Waals surface area contributed by atoms with Crippen molar-refractivity contribution < 1.29 is 31.8 Å². The molecular weight excluding hydrogens is 317 g/mol. The van der Waals surface area contributed by atoms with Crippen LogP contribution in [0.4, 0.5) is 22.0 Å². The van der Waals surface area contributed by atoms with Gasteiger partial charge in [0.2, 0.25) is 0 Å². The lowest BCUT2D eigenvalue weighted by molar-refractivity contribution is -0.275. The van der Waals surface area contributed by atoms with Crippen LogP contribution in [0.1, 0.15) is 17.6 Å². The van der Waals surface area contributed by atoms with Crippen LogP contribution in [-0.2, 0) is 6.61 Å². The Labute approximate surface area is 100 Å². The Morgan fingerprint density at radius 1 is 1.41 bits per heavy atom. The van der Waals surface area contributed by atoms with E-state index in [1.807, 2.05) is 0 Å². The highest BCUT2D eigenvalue weighted by Crippen LogP contribution is 2.39. The molecule has 0 unspecified atom stereocenters. The lowest BCUT2D eigenvalue weighted by atomic mass is 10.2. The highest BCUT2D eigenvalue weighted by molar-refractivity contribution is 9.10. The standard InChI is InChI=1S/C8H5BrF5NO2/c9-6-4(7(10)11)5(17-8(12,13)14)3(2-16)1-15-6/h1,7,16H,2H2. The number of rotatable bonds is 3. The molecule has 1 N–H and O–H groups in total. The summed E-state index contributed by atoms with van der Waals surface area (Å²) in [5.41, 5.74) is -1.52. The van der Waals surface area contributed by atoms with Crippen LogP contribution in [0.25, 0.3) is 0 Å². The summed E-state index contributed by atoms with van der Waals surface area (Å²) in [4.78, 5) is 3.39. The molecule has 9 heteroatoms. The lowest BCUT2D eigenvalue weighted by Gasteiger charge is -2.16. The molecule has 0 amide bonds. The number of aliphatic hydroxyl groups excluding tert-OH is 1. The van der Waals surface area contributed by atoms with E-state index in [9.17, 15) is 22.0 Å². The number of ether oxygens (including phenoxy) is 1. The number of pyridine rings is 1. The highest BCUT2D eigenvalue weighted by atomic mass is 79.9. The van der Waals surface area contributed by atoms with Gasteiger partial charge in [0.25, 0.3) is 6.43 Å². The van der Waals surface area contributed by atoms with Crippen LogP contribution in [0.15, 0.2) is 10.8 Å². The predicted octanol–water partition coefficient (Wildman–Crippen LogP) is 3.17. The zero-order valence-electron chi connectivity index (χ0n) is 7.93. The van der Waals surface area contributed by atoms with Crippen molar-refractivity contribution in [3.05, 3.63) is 21.9 Å². The van der Waals surface area contributed by atoms with Crippen LogP contribution in [0, 0.1) is 0 Å². The van der Waals surface area contributed by atoms with E-state index in [1.54, 1.807) is 0 Å². The molecule has 0 radical (unpaired) electrons. The van der Waals surface area contributed by atoms with Crippen molar-refractivity contribution in [1.29, 1.82) is 0 Å². The second-order valence-corrected chi connectivity index (χ2v) is 3.57. The number of aliphatic hydroxyl groups is 1. The molecule has 0 aliphatic carbocycles. The average molecular weight is 322 g/mol. The Morgan fingerprint density at radius 3 is 2.41 bits per heavy atom. The van der Waals surface area contributed by atoms with E-state index in [0.717, 1.165) is 6.20 Å². The van der Waals surface area contributed by atoms with Gasteiger partial charge in [-0.05, 0) is 15.9 Å². The van der Waals surface area contributed by atoms with Gasteiger partial charge in [0, 0.05) is 11.8 Å². The Hall–Kier alpha value is -0.960. The molecule has 96 valence electrons. The van der Waals surface area contributed by atoms with E-state index in [0.29, 0.717) is 0 Å². The molecule has 0 spiro atoms. The first kappa shape index (κ1) is 14.1. The number of alkyl halides is 5. The minimum atomic E-state index is -5.13. The molecule has 0 saturated heterocycles. The molecule has 0 aromatic carbocycles. The van der Waals surface area contributed by atoms with E-state index in [1.165, 1.54) is 0 Å². The minimum Gasteiger partial charge on any atom is -0.405 e. The molecule has 0 atom stereocenters. The van der Waals surface area contributed by atoms with Crippen molar-refractivity contribution in [2.24, 2.45) is 0 Å². The van der Waals surface area contributed by atoms with Crippen LogP contribution in [-0.4, -0.2) is 16.5 Å². The molecule has 1 heterocycles. The van der Waals surface area contributed by atoms with Gasteiger partial charge in [0.05, 0.1) is 12.2 Å². The molecule has 0 saturated carbocycles. The first-order valence-corrected chi connectivity index (χ1v) is 4.87. The number of hydrogen-bond acceptors (Lipinski definition) is 3. The Bertz CT molecular complexity index is 410. The quantitative estimate of drug-likeness (QED) is 0.687. The number of nitrogens with zero attached hydrogens (tertiary/aromatic N) is 1. The maximum Gasteiger partial charge on any atom is 0.573 e. The normalized spacial score (nSPS) is 12.0. The van der Waals surface area contributed by atoms with Crippen LogP contribution in [0.2, 0.25) is 0 Å². The maximum absolute atomic E-state index is 12.6. The SMILES string of the molecule is OCc1cnc(Br)c(C(F)F)c1OC(F)(F)F. The van der Waals surface area contributed by atoms with Crippen molar-refractivity contribution in [1.82, 2.24) is 4.98 Å². The Kier molecular flexibility index (Phi) is 4.26.